The quantitative estimate of drug-likeness (QED) is 0.853. The molecule has 0 fully saturated rings. The van der Waals surface area contributed by atoms with Crippen molar-refractivity contribution in [3.05, 3.63) is 65.5 Å². The average Bonchev–Trinajstić information content (AvgIpc) is 2.45. The van der Waals surface area contributed by atoms with Gasteiger partial charge in [-0.15, -0.1) is 0 Å². The lowest BCUT2D eigenvalue weighted by Crippen LogP contribution is -2.22. The number of nitrogens with two attached hydrogens (primary N) is 1. The molecule has 1 heterocycles. The van der Waals surface area contributed by atoms with Crippen molar-refractivity contribution in [3.63, 3.8) is 0 Å². The second-order valence-corrected chi connectivity index (χ2v) is 6.16. The minimum atomic E-state index is -3.53. The minimum absolute atomic E-state index is 0.189. The lowest BCUT2D eigenvalue weighted by molar-refractivity contribution is 0.0951. The summed E-state index contributed by atoms with van der Waals surface area (Å²) in [7, 11) is -3.53. The number of hydrogen-bond acceptors (Lipinski definition) is 4. The first-order chi connectivity index (χ1) is 9.94. The number of nitrogens with one attached hydrogen (secondary N) is 1. The van der Waals surface area contributed by atoms with E-state index in [-0.39, 0.29) is 11.7 Å². The van der Waals surface area contributed by atoms with Gasteiger partial charge in [0.15, 0.2) is 0 Å². The van der Waals surface area contributed by atoms with E-state index in [9.17, 15) is 13.2 Å². The molecule has 110 valence electrons. The second kappa shape index (κ2) is 6.47. The first-order valence-corrected chi connectivity index (χ1v) is 7.92. The molecule has 1 aromatic carbocycles. The Bertz CT molecular complexity index is 713. The van der Waals surface area contributed by atoms with Crippen molar-refractivity contribution < 1.29 is 13.2 Å². The van der Waals surface area contributed by atoms with Crippen LogP contribution in [0.4, 0.5) is 0 Å². The van der Waals surface area contributed by atoms with Crippen molar-refractivity contribution >= 4 is 15.9 Å². The Balaban J connectivity index is 1.94. The number of sulfonamides is 1. The molecule has 0 radical (unpaired) electrons. The average molecular weight is 305 g/mol. The van der Waals surface area contributed by atoms with Gasteiger partial charge >= 0.3 is 0 Å². The number of hydrogen-bond donors (Lipinski definition) is 2. The number of aromatic nitrogens is 1. The maximum atomic E-state index is 11.8. The van der Waals surface area contributed by atoms with Crippen molar-refractivity contribution in [2.45, 2.75) is 12.3 Å². The molecule has 0 saturated carbocycles. The van der Waals surface area contributed by atoms with E-state index in [0.29, 0.717) is 17.7 Å². The maximum absolute atomic E-state index is 11.8. The molecule has 2 aromatic rings. The van der Waals surface area contributed by atoms with Gasteiger partial charge in [0.05, 0.1) is 5.75 Å². The number of primary sulfonamides is 1. The Hall–Kier alpha value is -2.25. The van der Waals surface area contributed by atoms with Gasteiger partial charge in [0, 0.05) is 24.5 Å². The third-order valence-corrected chi connectivity index (χ3v) is 3.52. The molecule has 0 aliphatic heterocycles. The van der Waals surface area contributed by atoms with Crippen LogP contribution >= 0.6 is 0 Å². The van der Waals surface area contributed by atoms with E-state index in [2.05, 4.69) is 10.3 Å². The van der Waals surface area contributed by atoms with Crippen LogP contribution in [-0.2, 0) is 22.3 Å². The smallest absolute Gasteiger partial charge is 0.251 e. The minimum Gasteiger partial charge on any atom is -0.348 e. The van der Waals surface area contributed by atoms with Crippen molar-refractivity contribution in [2.24, 2.45) is 5.14 Å². The van der Waals surface area contributed by atoms with E-state index in [1.54, 1.807) is 48.8 Å². The van der Waals surface area contributed by atoms with Crippen LogP contribution in [0.25, 0.3) is 0 Å². The molecule has 0 aliphatic rings. The first kappa shape index (κ1) is 15.1. The Kier molecular flexibility index (Phi) is 4.66. The molecule has 0 aliphatic carbocycles. The van der Waals surface area contributed by atoms with Crippen LogP contribution in [0.15, 0.2) is 48.8 Å². The zero-order valence-corrected chi connectivity index (χ0v) is 12.0. The molecule has 0 atom stereocenters. The van der Waals surface area contributed by atoms with Gasteiger partial charge in [-0.3, -0.25) is 9.78 Å². The molecule has 21 heavy (non-hydrogen) atoms. The van der Waals surface area contributed by atoms with Gasteiger partial charge < -0.3 is 5.32 Å². The van der Waals surface area contributed by atoms with Gasteiger partial charge in [0.25, 0.3) is 5.91 Å². The molecule has 3 N–H and O–H groups in total. The van der Waals surface area contributed by atoms with E-state index in [4.69, 9.17) is 5.14 Å². The number of nitrogens with zero attached hydrogens (tertiary/aromatic N) is 1. The van der Waals surface area contributed by atoms with E-state index >= 15 is 0 Å². The SMILES string of the molecule is NS(=O)(=O)Cc1ccc(CNC(=O)c2ccncc2)cc1. The number of amides is 1. The van der Waals surface area contributed by atoms with Crippen molar-refractivity contribution in [2.75, 3.05) is 0 Å². The van der Waals surface area contributed by atoms with Gasteiger partial charge in [-0.25, -0.2) is 13.6 Å². The fourth-order valence-corrected chi connectivity index (χ4v) is 2.43. The second-order valence-electron chi connectivity index (χ2n) is 4.54. The van der Waals surface area contributed by atoms with Crippen molar-refractivity contribution in [1.82, 2.24) is 10.3 Å². The zero-order valence-electron chi connectivity index (χ0n) is 11.2. The molecule has 0 bridgehead atoms. The van der Waals surface area contributed by atoms with Crippen LogP contribution in [0.2, 0.25) is 0 Å². The molecule has 6 nitrogen and oxygen atoms in total. The van der Waals surface area contributed by atoms with Gasteiger partial charge in [0.2, 0.25) is 10.0 Å². The van der Waals surface area contributed by atoms with E-state index in [0.717, 1.165) is 5.56 Å². The summed E-state index contributed by atoms with van der Waals surface area (Å²) in [5.41, 5.74) is 2.02. The summed E-state index contributed by atoms with van der Waals surface area (Å²) in [6.07, 6.45) is 3.11. The summed E-state index contributed by atoms with van der Waals surface area (Å²) >= 11 is 0. The first-order valence-electron chi connectivity index (χ1n) is 6.20. The Morgan fingerprint density at radius 3 is 2.19 bits per heavy atom. The Morgan fingerprint density at radius 1 is 1.05 bits per heavy atom. The molecule has 7 heteroatoms. The lowest BCUT2D eigenvalue weighted by Gasteiger charge is -2.06. The molecule has 1 amide bonds. The predicted molar refractivity (Wildman–Crippen MR) is 78.7 cm³/mol. The highest BCUT2D eigenvalue weighted by molar-refractivity contribution is 7.88. The topological polar surface area (TPSA) is 102 Å². The monoisotopic (exact) mass is 305 g/mol. The molecule has 2 rings (SSSR count). The van der Waals surface area contributed by atoms with Crippen LogP contribution in [0, 0.1) is 0 Å². The van der Waals surface area contributed by atoms with Crippen LogP contribution in [0.1, 0.15) is 21.5 Å². The summed E-state index contributed by atoms with van der Waals surface area (Å²) in [4.78, 5) is 15.7. The van der Waals surface area contributed by atoms with Crippen molar-refractivity contribution in [3.8, 4) is 0 Å². The van der Waals surface area contributed by atoms with Gasteiger partial charge in [-0.2, -0.15) is 0 Å². The normalized spacial score (nSPS) is 11.1. The van der Waals surface area contributed by atoms with Crippen LogP contribution in [-0.4, -0.2) is 19.3 Å². The molecule has 0 spiro atoms. The number of rotatable bonds is 5. The highest BCUT2D eigenvalue weighted by Crippen LogP contribution is 2.07. The van der Waals surface area contributed by atoms with Crippen LogP contribution < -0.4 is 10.5 Å². The highest BCUT2D eigenvalue weighted by atomic mass is 32.2. The zero-order chi connectivity index (χ0) is 15.3. The van der Waals surface area contributed by atoms with E-state index < -0.39 is 10.0 Å². The number of carbonyl (C=O) groups is 1. The summed E-state index contributed by atoms with van der Waals surface area (Å²) < 4.78 is 21.9. The maximum Gasteiger partial charge on any atom is 0.251 e. The molecular formula is C14H15N3O3S. The molecule has 1 aromatic heterocycles. The van der Waals surface area contributed by atoms with Gasteiger partial charge in [-0.05, 0) is 23.3 Å². The fraction of sp³-hybridized carbons (Fsp3) is 0.143. The number of carbonyl (C=O) groups excluding carboxylic acids is 1. The standard InChI is InChI=1S/C14H15N3O3S/c15-21(19,20)10-12-3-1-11(2-4-12)9-17-14(18)13-5-7-16-8-6-13/h1-8H,9-10H2,(H,17,18)(H2,15,19,20). The number of pyridine rings is 1. The van der Waals surface area contributed by atoms with Crippen LogP contribution in [0.5, 0.6) is 0 Å². The fourth-order valence-electron chi connectivity index (χ4n) is 1.77. The van der Waals surface area contributed by atoms with E-state index in [1.165, 1.54) is 0 Å². The highest BCUT2D eigenvalue weighted by Gasteiger charge is 2.06. The Labute approximate surface area is 123 Å². The number of benzene rings is 1. The Morgan fingerprint density at radius 2 is 1.62 bits per heavy atom. The van der Waals surface area contributed by atoms with Crippen LogP contribution in [0.3, 0.4) is 0 Å². The third kappa shape index (κ3) is 4.97. The van der Waals surface area contributed by atoms with Gasteiger partial charge in [-0.1, -0.05) is 24.3 Å². The summed E-state index contributed by atoms with van der Waals surface area (Å²) in [5, 5.41) is 7.75. The molecule has 0 unspecified atom stereocenters. The lowest BCUT2D eigenvalue weighted by atomic mass is 10.1. The van der Waals surface area contributed by atoms with Crippen molar-refractivity contribution in [1.29, 1.82) is 0 Å². The molecular weight excluding hydrogens is 290 g/mol. The van der Waals surface area contributed by atoms with Gasteiger partial charge in [0.1, 0.15) is 0 Å². The summed E-state index contributed by atoms with van der Waals surface area (Å²) in [6, 6.07) is 10.1. The predicted octanol–water partition coefficient (Wildman–Crippen LogP) is 0.800. The van der Waals surface area contributed by atoms with E-state index in [1.807, 2.05) is 0 Å². The summed E-state index contributed by atoms with van der Waals surface area (Å²) in [6.45, 7) is 0.358. The third-order valence-electron chi connectivity index (χ3n) is 2.79. The molecule has 0 saturated heterocycles. The largest absolute Gasteiger partial charge is 0.348 e. The summed E-state index contributed by atoms with van der Waals surface area (Å²) in [5.74, 6) is -0.387.